The van der Waals surface area contributed by atoms with Crippen LogP contribution in [0.4, 0.5) is 4.39 Å². The van der Waals surface area contributed by atoms with E-state index in [1.54, 1.807) is 24.3 Å². The maximum atomic E-state index is 13.0. The van der Waals surface area contributed by atoms with Crippen molar-refractivity contribution >= 4 is 21.8 Å². The van der Waals surface area contributed by atoms with Gasteiger partial charge in [-0.05, 0) is 51.8 Å². The third kappa shape index (κ3) is 3.72. The summed E-state index contributed by atoms with van der Waals surface area (Å²) in [6, 6.07) is 9.50. The lowest BCUT2D eigenvalue weighted by Crippen LogP contribution is -2.12. The van der Waals surface area contributed by atoms with E-state index in [1.807, 2.05) is 0 Å². The second kappa shape index (κ2) is 6.58. The smallest absolute Gasteiger partial charge is 0.134 e. The monoisotopic (exact) mass is 352 g/mol. The van der Waals surface area contributed by atoms with Crippen LogP contribution < -0.4 is 15.2 Å². The molecule has 2 aromatic rings. The van der Waals surface area contributed by atoms with Crippen molar-refractivity contribution in [2.24, 2.45) is 5.73 Å². The Balaban J connectivity index is 2.15. The van der Waals surface area contributed by atoms with Gasteiger partial charge in [-0.25, -0.2) is 4.39 Å². The van der Waals surface area contributed by atoms with Crippen molar-refractivity contribution < 1.29 is 13.9 Å². The van der Waals surface area contributed by atoms with Crippen LogP contribution >= 0.6 is 15.9 Å². The highest BCUT2D eigenvalue weighted by Crippen LogP contribution is 2.27. The minimum atomic E-state index is -0.332. The molecular formula is C15H14BrFN2O2. The van der Waals surface area contributed by atoms with Crippen LogP contribution in [0.1, 0.15) is 11.1 Å². The number of hydrogen-bond donors (Lipinski definition) is 2. The number of ether oxygens (including phenoxy) is 2. The van der Waals surface area contributed by atoms with E-state index in [1.165, 1.54) is 19.2 Å². The van der Waals surface area contributed by atoms with Gasteiger partial charge in [-0.1, -0.05) is 6.07 Å². The third-order valence-corrected chi connectivity index (χ3v) is 3.46. The molecule has 0 amide bonds. The van der Waals surface area contributed by atoms with E-state index in [0.717, 1.165) is 5.56 Å². The molecule has 110 valence electrons. The van der Waals surface area contributed by atoms with Crippen molar-refractivity contribution in [2.75, 3.05) is 7.11 Å². The Bertz CT molecular complexity index is 677. The molecule has 0 aromatic heterocycles. The van der Waals surface area contributed by atoms with Gasteiger partial charge in [-0.15, -0.1) is 0 Å². The molecule has 0 saturated heterocycles. The fourth-order valence-corrected chi connectivity index (χ4v) is 2.27. The van der Waals surface area contributed by atoms with Gasteiger partial charge in [-0.3, -0.25) is 5.41 Å². The first-order valence-electron chi connectivity index (χ1n) is 6.10. The molecule has 0 spiro atoms. The summed E-state index contributed by atoms with van der Waals surface area (Å²) in [5.74, 6) is 0.676. The summed E-state index contributed by atoms with van der Waals surface area (Å²) < 4.78 is 24.4. The molecule has 2 rings (SSSR count). The van der Waals surface area contributed by atoms with Gasteiger partial charge in [0, 0.05) is 0 Å². The van der Waals surface area contributed by atoms with Gasteiger partial charge in [0.2, 0.25) is 0 Å². The Labute approximate surface area is 130 Å². The van der Waals surface area contributed by atoms with E-state index in [2.05, 4.69) is 15.9 Å². The van der Waals surface area contributed by atoms with E-state index >= 15 is 0 Å². The number of hydrogen-bond acceptors (Lipinski definition) is 3. The van der Waals surface area contributed by atoms with Gasteiger partial charge in [0.05, 0.1) is 17.1 Å². The Morgan fingerprint density at radius 2 is 2.00 bits per heavy atom. The van der Waals surface area contributed by atoms with Crippen LogP contribution in [-0.2, 0) is 6.61 Å². The molecule has 0 aliphatic carbocycles. The number of halogens is 2. The normalized spacial score (nSPS) is 10.2. The predicted octanol–water partition coefficient (Wildman–Crippen LogP) is 3.46. The number of amidine groups is 1. The summed E-state index contributed by atoms with van der Waals surface area (Å²) in [5, 5.41) is 7.46. The summed E-state index contributed by atoms with van der Waals surface area (Å²) in [4.78, 5) is 0. The van der Waals surface area contributed by atoms with Gasteiger partial charge in [0.1, 0.15) is 29.8 Å². The first-order chi connectivity index (χ1) is 10.0. The van der Waals surface area contributed by atoms with Crippen molar-refractivity contribution in [2.45, 2.75) is 6.61 Å². The van der Waals surface area contributed by atoms with Gasteiger partial charge in [0.15, 0.2) is 0 Å². The highest BCUT2D eigenvalue weighted by molar-refractivity contribution is 9.10. The summed E-state index contributed by atoms with van der Waals surface area (Å²) in [6.07, 6.45) is 0. The number of benzene rings is 2. The maximum Gasteiger partial charge on any atom is 0.134 e. The average Bonchev–Trinajstić information content (AvgIpc) is 2.45. The summed E-state index contributed by atoms with van der Waals surface area (Å²) in [5.41, 5.74) is 6.86. The Hall–Kier alpha value is -2.08. The Kier molecular flexibility index (Phi) is 4.80. The van der Waals surface area contributed by atoms with Gasteiger partial charge in [-0.2, -0.15) is 0 Å². The standard InChI is InChI=1S/C15H14BrFN2O2/c1-20-14-6-9(2-4-11(14)15(18)19)8-21-13-5-3-10(17)7-12(13)16/h2-7H,8H2,1H3,(H3,18,19). The van der Waals surface area contributed by atoms with Crippen LogP contribution in [0.15, 0.2) is 40.9 Å². The molecule has 0 saturated carbocycles. The van der Waals surface area contributed by atoms with Gasteiger partial charge >= 0.3 is 0 Å². The van der Waals surface area contributed by atoms with E-state index in [4.69, 9.17) is 20.6 Å². The third-order valence-electron chi connectivity index (χ3n) is 2.84. The summed E-state index contributed by atoms with van der Waals surface area (Å²) in [7, 11) is 1.52. The fraction of sp³-hybridized carbons (Fsp3) is 0.133. The van der Waals surface area contributed by atoms with E-state index in [-0.39, 0.29) is 11.7 Å². The maximum absolute atomic E-state index is 13.0. The van der Waals surface area contributed by atoms with Crippen molar-refractivity contribution in [3.05, 3.63) is 57.8 Å². The van der Waals surface area contributed by atoms with E-state index in [9.17, 15) is 4.39 Å². The zero-order valence-corrected chi connectivity index (χ0v) is 12.9. The minimum absolute atomic E-state index is 0.0550. The number of nitrogen functional groups attached to an aromatic ring is 1. The number of nitrogens with two attached hydrogens (primary N) is 1. The van der Waals surface area contributed by atoms with Crippen molar-refractivity contribution in [3.8, 4) is 11.5 Å². The Morgan fingerprint density at radius 3 is 2.62 bits per heavy atom. The number of nitrogens with one attached hydrogen (secondary N) is 1. The summed E-state index contributed by atoms with van der Waals surface area (Å²) >= 11 is 3.25. The Morgan fingerprint density at radius 1 is 1.24 bits per heavy atom. The molecule has 0 aliphatic rings. The molecule has 0 fully saturated rings. The predicted molar refractivity (Wildman–Crippen MR) is 82.4 cm³/mol. The van der Waals surface area contributed by atoms with Crippen LogP contribution in [0.3, 0.4) is 0 Å². The molecule has 4 nitrogen and oxygen atoms in total. The molecule has 0 atom stereocenters. The molecule has 3 N–H and O–H groups in total. The second-order valence-electron chi connectivity index (χ2n) is 4.31. The first kappa shape index (κ1) is 15.3. The molecule has 0 heterocycles. The summed E-state index contributed by atoms with van der Waals surface area (Å²) in [6.45, 7) is 0.290. The lowest BCUT2D eigenvalue weighted by molar-refractivity contribution is 0.302. The highest BCUT2D eigenvalue weighted by Gasteiger charge is 2.08. The fourth-order valence-electron chi connectivity index (χ4n) is 1.80. The van der Waals surface area contributed by atoms with Crippen molar-refractivity contribution in [1.29, 1.82) is 5.41 Å². The van der Waals surface area contributed by atoms with Crippen LogP contribution in [-0.4, -0.2) is 12.9 Å². The van der Waals surface area contributed by atoms with E-state index < -0.39 is 0 Å². The molecule has 6 heteroatoms. The largest absolute Gasteiger partial charge is 0.496 e. The quantitative estimate of drug-likeness (QED) is 0.639. The molecular weight excluding hydrogens is 339 g/mol. The van der Waals surface area contributed by atoms with Gasteiger partial charge < -0.3 is 15.2 Å². The number of rotatable bonds is 5. The van der Waals surface area contributed by atoms with Crippen LogP contribution in [0, 0.1) is 11.2 Å². The average molecular weight is 353 g/mol. The first-order valence-corrected chi connectivity index (χ1v) is 6.89. The van der Waals surface area contributed by atoms with Gasteiger partial charge in [0.25, 0.3) is 0 Å². The van der Waals surface area contributed by atoms with Crippen molar-refractivity contribution in [1.82, 2.24) is 0 Å². The molecule has 0 bridgehead atoms. The van der Waals surface area contributed by atoms with E-state index in [0.29, 0.717) is 28.1 Å². The lowest BCUT2D eigenvalue weighted by Gasteiger charge is -2.11. The van der Waals surface area contributed by atoms with Crippen LogP contribution in [0.5, 0.6) is 11.5 Å². The molecule has 0 unspecified atom stereocenters. The topological polar surface area (TPSA) is 68.3 Å². The highest BCUT2D eigenvalue weighted by atomic mass is 79.9. The zero-order valence-electron chi connectivity index (χ0n) is 11.3. The zero-order chi connectivity index (χ0) is 15.4. The minimum Gasteiger partial charge on any atom is -0.496 e. The second-order valence-corrected chi connectivity index (χ2v) is 5.17. The van der Waals surface area contributed by atoms with Crippen LogP contribution in [0.2, 0.25) is 0 Å². The molecule has 0 aliphatic heterocycles. The molecule has 2 aromatic carbocycles. The lowest BCUT2D eigenvalue weighted by atomic mass is 10.1. The molecule has 0 radical (unpaired) electrons. The van der Waals surface area contributed by atoms with Crippen LogP contribution in [0.25, 0.3) is 0 Å². The molecule has 21 heavy (non-hydrogen) atoms. The SMILES string of the molecule is COc1cc(COc2ccc(F)cc2Br)ccc1C(=N)N. The van der Waals surface area contributed by atoms with Crippen molar-refractivity contribution in [3.63, 3.8) is 0 Å². The number of methoxy groups -OCH3 is 1.